The third-order valence-electron chi connectivity index (χ3n) is 4.13. The predicted octanol–water partition coefficient (Wildman–Crippen LogP) is 3.27. The minimum absolute atomic E-state index is 0.356. The van der Waals surface area contributed by atoms with Crippen LogP contribution in [0.15, 0.2) is 30.3 Å². The molecule has 0 bridgehead atoms. The van der Waals surface area contributed by atoms with E-state index in [1.807, 2.05) is 18.2 Å². The van der Waals surface area contributed by atoms with E-state index in [2.05, 4.69) is 17.4 Å². The Kier molecular flexibility index (Phi) is 7.79. The van der Waals surface area contributed by atoms with Crippen LogP contribution < -0.4 is 5.32 Å². The van der Waals surface area contributed by atoms with Gasteiger partial charge in [-0.2, -0.15) is 0 Å². The van der Waals surface area contributed by atoms with E-state index >= 15 is 0 Å². The highest BCUT2D eigenvalue weighted by atomic mass is 16.5. The maximum absolute atomic E-state index is 10.00. The first-order valence-electron chi connectivity index (χ1n) is 8.39. The topological polar surface area (TPSA) is 41.5 Å². The van der Waals surface area contributed by atoms with Crippen LogP contribution in [0.2, 0.25) is 0 Å². The molecule has 0 aliphatic heterocycles. The van der Waals surface area contributed by atoms with Gasteiger partial charge in [-0.15, -0.1) is 0 Å². The second kappa shape index (κ2) is 9.93. The summed E-state index contributed by atoms with van der Waals surface area (Å²) in [6, 6.07) is 10.3. The lowest BCUT2D eigenvalue weighted by Gasteiger charge is -2.22. The Morgan fingerprint density at radius 2 is 1.71 bits per heavy atom. The van der Waals surface area contributed by atoms with Gasteiger partial charge < -0.3 is 15.2 Å². The molecule has 2 rings (SSSR count). The van der Waals surface area contributed by atoms with Crippen molar-refractivity contribution in [3.8, 4) is 0 Å². The largest absolute Gasteiger partial charge is 0.389 e. The van der Waals surface area contributed by atoms with Crippen LogP contribution in [-0.2, 0) is 11.3 Å². The van der Waals surface area contributed by atoms with Crippen LogP contribution in [0.25, 0.3) is 0 Å². The van der Waals surface area contributed by atoms with Crippen molar-refractivity contribution >= 4 is 0 Å². The van der Waals surface area contributed by atoms with Crippen LogP contribution in [0.3, 0.4) is 0 Å². The molecular weight excluding hydrogens is 262 g/mol. The average Bonchev–Trinajstić information content (AvgIpc) is 2.47. The number of aliphatic hydroxyl groups is 1. The zero-order valence-corrected chi connectivity index (χ0v) is 13.0. The summed E-state index contributed by atoms with van der Waals surface area (Å²) in [6.07, 6.45) is 8.84. The Morgan fingerprint density at radius 1 is 1.05 bits per heavy atom. The maximum Gasteiger partial charge on any atom is 0.0897 e. The van der Waals surface area contributed by atoms with Gasteiger partial charge in [0.25, 0.3) is 0 Å². The molecule has 1 aliphatic carbocycles. The molecular formula is C18H29NO2. The lowest BCUT2D eigenvalue weighted by molar-refractivity contribution is -0.0187. The third-order valence-corrected chi connectivity index (χ3v) is 4.13. The molecule has 1 unspecified atom stereocenters. The summed E-state index contributed by atoms with van der Waals surface area (Å²) in [6.45, 7) is 1.83. The van der Waals surface area contributed by atoms with Crippen molar-refractivity contribution in [3.63, 3.8) is 0 Å². The normalized spacial score (nSPS) is 18.9. The van der Waals surface area contributed by atoms with Crippen molar-refractivity contribution in [1.29, 1.82) is 0 Å². The van der Waals surface area contributed by atoms with E-state index in [0.29, 0.717) is 19.3 Å². The molecule has 2 N–H and O–H groups in total. The van der Waals surface area contributed by atoms with Gasteiger partial charge in [0.1, 0.15) is 0 Å². The Hall–Kier alpha value is -0.900. The molecule has 1 saturated carbocycles. The van der Waals surface area contributed by atoms with Crippen molar-refractivity contribution in [2.24, 2.45) is 0 Å². The van der Waals surface area contributed by atoms with Crippen molar-refractivity contribution in [2.45, 2.75) is 63.7 Å². The number of nitrogens with one attached hydrogen (secondary N) is 1. The first-order valence-corrected chi connectivity index (χ1v) is 8.39. The van der Waals surface area contributed by atoms with Gasteiger partial charge in [-0.05, 0) is 18.4 Å². The summed E-state index contributed by atoms with van der Waals surface area (Å²) in [7, 11) is 0. The van der Waals surface area contributed by atoms with Crippen molar-refractivity contribution in [1.82, 2.24) is 5.32 Å². The molecule has 3 nitrogen and oxygen atoms in total. The van der Waals surface area contributed by atoms with Crippen molar-refractivity contribution in [2.75, 3.05) is 13.2 Å². The summed E-state index contributed by atoms with van der Waals surface area (Å²) in [4.78, 5) is 0. The van der Waals surface area contributed by atoms with Gasteiger partial charge in [0, 0.05) is 13.1 Å². The summed E-state index contributed by atoms with van der Waals surface area (Å²) < 4.78 is 5.89. The van der Waals surface area contributed by atoms with Gasteiger partial charge in [-0.1, -0.05) is 62.4 Å². The second-order valence-electron chi connectivity index (χ2n) is 6.07. The number of rotatable bonds is 7. The number of benzene rings is 1. The van der Waals surface area contributed by atoms with E-state index in [-0.39, 0.29) is 0 Å². The minimum atomic E-state index is -0.417. The number of aliphatic hydroxyl groups excluding tert-OH is 1. The van der Waals surface area contributed by atoms with Gasteiger partial charge in [0.2, 0.25) is 0 Å². The fourth-order valence-corrected chi connectivity index (χ4v) is 2.87. The van der Waals surface area contributed by atoms with Crippen LogP contribution in [-0.4, -0.2) is 30.5 Å². The van der Waals surface area contributed by atoms with Gasteiger partial charge in [-0.3, -0.25) is 0 Å². The van der Waals surface area contributed by atoms with E-state index in [1.165, 1.54) is 37.7 Å². The van der Waals surface area contributed by atoms with E-state index in [9.17, 15) is 5.11 Å². The van der Waals surface area contributed by atoms with Gasteiger partial charge in [-0.25, -0.2) is 0 Å². The summed E-state index contributed by atoms with van der Waals surface area (Å²) in [5, 5.41) is 13.3. The molecule has 1 fully saturated rings. The highest BCUT2D eigenvalue weighted by molar-refractivity contribution is 5.14. The Labute approximate surface area is 128 Å². The lowest BCUT2D eigenvalue weighted by atomic mass is 9.98. The molecule has 1 aliphatic rings. The molecule has 1 atom stereocenters. The molecule has 1 aromatic rings. The van der Waals surface area contributed by atoms with E-state index in [1.54, 1.807) is 0 Å². The fraction of sp³-hybridized carbons (Fsp3) is 0.667. The first kappa shape index (κ1) is 16.5. The summed E-state index contributed by atoms with van der Waals surface area (Å²) in [5.74, 6) is 0. The zero-order valence-electron chi connectivity index (χ0n) is 13.0. The molecule has 0 saturated heterocycles. The maximum atomic E-state index is 10.00. The number of ether oxygens (including phenoxy) is 1. The Morgan fingerprint density at radius 3 is 2.43 bits per heavy atom. The smallest absolute Gasteiger partial charge is 0.0897 e. The van der Waals surface area contributed by atoms with E-state index < -0.39 is 6.10 Å². The lowest BCUT2D eigenvalue weighted by Crippen LogP contribution is -2.32. The van der Waals surface area contributed by atoms with Gasteiger partial charge >= 0.3 is 0 Å². The minimum Gasteiger partial charge on any atom is -0.389 e. The molecule has 0 amide bonds. The van der Waals surface area contributed by atoms with E-state index in [4.69, 9.17) is 4.74 Å². The zero-order chi connectivity index (χ0) is 14.8. The van der Waals surface area contributed by atoms with Crippen LogP contribution in [0, 0.1) is 0 Å². The van der Waals surface area contributed by atoms with Gasteiger partial charge in [0.05, 0.1) is 18.8 Å². The molecule has 3 heteroatoms. The molecule has 118 valence electrons. The SMILES string of the molecule is OC(CNCc1ccccc1)COC1CCCCCCC1. The highest BCUT2D eigenvalue weighted by Gasteiger charge is 2.13. The number of hydrogen-bond donors (Lipinski definition) is 2. The van der Waals surface area contributed by atoms with Crippen LogP contribution in [0.4, 0.5) is 0 Å². The molecule has 0 radical (unpaired) electrons. The average molecular weight is 291 g/mol. The molecule has 0 spiro atoms. The number of hydrogen-bond acceptors (Lipinski definition) is 3. The van der Waals surface area contributed by atoms with Crippen LogP contribution in [0.1, 0.15) is 50.5 Å². The quantitative estimate of drug-likeness (QED) is 0.810. The molecule has 1 aromatic carbocycles. The predicted molar refractivity (Wildman–Crippen MR) is 86.2 cm³/mol. The first-order chi connectivity index (χ1) is 10.3. The highest BCUT2D eigenvalue weighted by Crippen LogP contribution is 2.19. The molecule has 0 aromatic heterocycles. The Bertz CT molecular complexity index is 361. The summed E-state index contributed by atoms with van der Waals surface area (Å²) in [5.41, 5.74) is 1.24. The summed E-state index contributed by atoms with van der Waals surface area (Å²) >= 11 is 0. The van der Waals surface area contributed by atoms with E-state index in [0.717, 1.165) is 19.4 Å². The van der Waals surface area contributed by atoms with Gasteiger partial charge in [0.15, 0.2) is 0 Å². The molecule has 0 heterocycles. The third kappa shape index (κ3) is 7.07. The fourth-order valence-electron chi connectivity index (χ4n) is 2.87. The second-order valence-corrected chi connectivity index (χ2v) is 6.07. The standard InChI is InChI=1S/C18H29NO2/c20-17(14-19-13-16-9-5-4-6-10-16)15-21-18-11-7-2-1-3-8-12-18/h4-6,9-10,17-20H,1-3,7-8,11-15H2. The monoisotopic (exact) mass is 291 g/mol. The van der Waals surface area contributed by atoms with Crippen LogP contribution >= 0.6 is 0 Å². The molecule has 21 heavy (non-hydrogen) atoms. The van der Waals surface area contributed by atoms with Crippen molar-refractivity contribution in [3.05, 3.63) is 35.9 Å². The van der Waals surface area contributed by atoms with Crippen molar-refractivity contribution < 1.29 is 9.84 Å². The Balaban J connectivity index is 1.57. The van der Waals surface area contributed by atoms with Crippen LogP contribution in [0.5, 0.6) is 0 Å².